The van der Waals surface area contributed by atoms with Crippen LogP contribution in [0.15, 0.2) is 48.5 Å². The summed E-state index contributed by atoms with van der Waals surface area (Å²) in [6.45, 7) is 4.77. The van der Waals surface area contributed by atoms with Crippen LogP contribution >= 0.6 is 35.9 Å². The lowest BCUT2D eigenvalue weighted by Gasteiger charge is -2.15. The molecule has 0 saturated carbocycles. The molecule has 0 aromatic heterocycles. The molecule has 1 unspecified atom stereocenters. The van der Waals surface area contributed by atoms with Crippen molar-refractivity contribution in [1.29, 1.82) is 0 Å². The van der Waals surface area contributed by atoms with Gasteiger partial charge in [-0.25, -0.2) is 0 Å². The van der Waals surface area contributed by atoms with E-state index in [0.717, 1.165) is 5.56 Å². The highest BCUT2D eigenvalue weighted by Crippen LogP contribution is 2.45. The molecule has 0 bridgehead atoms. The molecular weight excluding hydrogens is 396 g/mol. The third-order valence-electron chi connectivity index (χ3n) is 4.58. The number of benzene rings is 2. The van der Waals surface area contributed by atoms with Crippen LogP contribution in [0.25, 0.3) is 0 Å². The van der Waals surface area contributed by atoms with E-state index in [4.69, 9.17) is 5.73 Å². The Bertz CT molecular complexity index is 729. The Balaban J connectivity index is 0.00000261. The Morgan fingerprint density at radius 3 is 2.15 bits per heavy atom. The first-order valence-electron chi connectivity index (χ1n) is 9.01. The van der Waals surface area contributed by atoms with Gasteiger partial charge in [0.05, 0.1) is 4.58 Å². The molecule has 0 radical (unpaired) electrons. The average molecular weight is 423 g/mol. The molecule has 6 heteroatoms. The number of rotatable bonds is 6. The van der Waals surface area contributed by atoms with Gasteiger partial charge < -0.3 is 11.1 Å². The Labute approximate surface area is 176 Å². The third kappa shape index (κ3) is 5.92. The number of carbonyl (C=O) groups is 1. The number of thioether (sulfide) groups is 2. The first kappa shape index (κ1) is 22.2. The summed E-state index contributed by atoms with van der Waals surface area (Å²) in [6, 6.07) is 16.1. The fraction of sp³-hybridized carbons (Fsp3) is 0.381. The van der Waals surface area contributed by atoms with Gasteiger partial charge in [-0.3, -0.25) is 4.79 Å². The molecule has 1 saturated heterocycles. The van der Waals surface area contributed by atoms with Gasteiger partial charge in [-0.15, -0.1) is 35.9 Å². The Kier molecular flexibility index (Phi) is 8.55. The summed E-state index contributed by atoms with van der Waals surface area (Å²) < 4.78 is 0.509. The molecule has 2 aromatic rings. The highest BCUT2D eigenvalue weighted by Gasteiger charge is 2.18. The largest absolute Gasteiger partial charge is 0.350 e. The molecule has 3 rings (SSSR count). The van der Waals surface area contributed by atoms with Crippen molar-refractivity contribution in [2.75, 3.05) is 18.1 Å². The molecule has 3 N–H and O–H groups in total. The Morgan fingerprint density at radius 1 is 1.04 bits per heavy atom. The van der Waals surface area contributed by atoms with E-state index >= 15 is 0 Å². The molecule has 2 aromatic carbocycles. The molecule has 27 heavy (non-hydrogen) atoms. The summed E-state index contributed by atoms with van der Waals surface area (Å²) in [5, 5.41) is 2.95. The monoisotopic (exact) mass is 422 g/mol. The van der Waals surface area contributed by atoms with E-state index in [0.29, 0.717) is 22.6 Å². The molecule has 3 nitrogen and oxygen atoms in total. The van der Waals surface area contributed by atoms with Crippen molar-refractivity contribution in [1.82, 2.24) is 5.32 Å². The lowest BCUT2D eigenvalue weighted by Crippen LogP contribution is -2.31. The van der Waals surface area contributed by atoms with Gasteiger partial charge >= 0.3 is 0 Å². The molecule has 1 aliphatic rings. The van der Waals surface area contributed by atoms with Crippen molar-refractivity contribution < 1.29 is 4.79 Å². The van der Waals surface area contributed by atoms with E-state index < -0.39 is 0 Å². The first-order valence-corrected chi connectivity index (χ1v) is 11.1. The van der Waals surface area contributed by atoms with Crippen LogP contribution in [0.5, 0.6) is 0 Å². The van der Waals surface area contributed by atoms with Crippen LogP contribution in [0, 0.1) is 0 Å². The quantitative estimate of drug-likeness (QED) is 0.676. The van der Waals surface area contributed by atoms with Crippen LogP contribution in [0.3, 0.4) is 0 Å². The molecule has 1 amide bonds. The molecular formula is C21H27ClN2OS2. The summed E-state index contributed by atoms with van der Waals surface area (Å²) in [6.07, 6.45) is 0. The molecule has 1 heterocycles. The van der Waals surface area contributed by atoms with Crippen molar-refractivity contribution in [2.24, 2.45) is 5.73 Å². The predicted octanol–water partition coefficient (Wildman–Crippen LogP) is 5.14. The second kappa shape index (κ2) is 10.4. The Hall–Kier alpha value is -1.14. The Morgan fingerprint density at radius 2 is 1.59 bits per heavy atom. The second-order valence-electron chi connectivity index (χ2n) is 6.83. The number of hydrogen-bond donors (Lipinski definition) is 2. The SMILES string of the molecule is CC(C)c1ccc(C(N)CNC(=O)c2ccc(C3SCCS3)cc2)cc1.Cl. The van der Waals surface area contributed by atoms with E-state index in [1.165, 1.54) is 22.6 Å². The van der Waals surface area contributed by atoms with Crippen molar-refractivity contribution in [3.63, 3.8) is 0 Å². The van der Waals surface area contributed by atoms with Crippen molar-refractivity contribution in [2.45, 2.75) is 30.4 Å². The van der Waals surface area contributed by atoms with Gasteiger partial charge in [0.15, 0.2) is 0 Å². The van der Waals surface area contributed by atoms with Crippen LogP contribution in [0.4, 0.5) is 0 Å². The van der Waals surface area contributed by atoms with Crippen molar-refractivity contribution >= 4 is 41.8 Å². The molecule has 1 atom stereocenters. The van der Waals surface area contributed by atoms with E-state index in [1.54, 1.807) is 0 Å². The molecule has 0 aliphatic carbocycles. The predicted molar refractivity (Wildman–Crippen MR) is 121 cm³/mol. The van der Waals surface area contributed by atoms with Crippen molar-refractivity contribution in [3.8, 4) is 0 Å². The summed E-state index contributed by atoms with van der Waals surface area (Å²) in [4.78, 5) is 12.4. The smallest absolute Gasteiger partial charge is 0.251 e. The van der Waals surface area contributed by atoms with Crippen LogP contribution < -0.4 is 11.1 Å². The zero-order valence-electron chi connectivity index (χ0n) is 15.7. The number of halogens is 1. The average Bonchev–Trinajstić information content (AvgIpc) is 3.21. The number of carbonyl (C=O) groups excluding carboxylic acids is 1. The fourth-order valence-corrected chi connectivity index (χ4v) is 5.75. The maximum Gasteiger partial charge on any atom is 0.251 e. The highest BCUT2D eigenvalue weighted by molar-refractivity contribution is 8.19. The summed E-state index contributed by atoms with van der Waals surface area (Å²) in [5.41, 5.74) is 10.5. The number of nitrogens with two attached hydrogens (primary N) is 1. The maximum absolute atomic E-state index is 12.4. The van der Waals surface area contributed by atoms with Crippen molar-refractivity contribution in [3.05, 3.63) is 70.8 Å². The molecule has 1 aliphatic heterocycles. The molecule has 1 fully saturated rings. The van der Waals surface area contributed by atoms with Gasteiger partial charge in [0.2, 0.25) is 0 Å². The summed E-state index contributed by atoms with van der Waals surface area (Å²) >= 11 is 3.94. The van der Waals surface area contributed by atoms with Crippen LogP contribution in [0.1, 0.15) is 57.4 Å². The lowest BCUT2D eigenvalue weighted by atomic mass is 9.99. The van der Waals surface area contributed by atoms with Gasteiger partial charge in [-0.2, -0.15) is 0 Å². The van der Waals surface area contributed by atoms with E-state index in [-0.39, 0.29) is 24.4 Å². The van der Waals surface area contributed by atoms with Crippen LogP contribution in [-0.4, -0.2) is 24.0 Å². The van der Waals surface area contributed by atoms with E-state index in [9.17, 15) is 4.79 Å². The minimum absolute atomic E-state index is 0. The zero-order valence-corrected chi connectivity index (χ0v) is 18.1. The van der Waals surface area contributed by atoms with Gasteiger partial charge in [0.25, 0.3) is 5.91 Å². The minimum atomic E-state index is -0.203. The second-order valence-corrected chi connectivity index (χ2v) is 9.56. The standard InChI is InChI=1S/C21H26N2OS2.ClH/c1-14(2)15-3-5-16(6-4-15)19(22)13-23-20(24)17-7-9-18(10-8-17)21-25-11-12-26-21;/h3-10,14,19,21H,11-13,22H2,1-2H3,(H,23,24);1H. The maximum atomic E-state index is 12.4. The summed E-state index contributed by atoms with van der Waals surface area (Å²) in [7, 11) is 0. The highest BCUT2D eigenvalue weighted by atomic mass is 35.5. The number of hydrogen-bond acceptors (Lipinski definition) is 4. The van der Waals surface area contributed by atoms with E-state index in [2.05, 4.69) is 55.6 Å². The van der Waals surface area contributed by atoms with Gasteiger partial charge in [-0.1, -0.05) is 50.2 Å². The van der Waals surface area contributed by atoms with Crippen LogP contribution in [0.2, 0.25) is 0 Å². The van der Waals surface area contributed by atoms with Gasteiger partial charge in [-0.05, 0) is 34.7 Å². The third-order valence-corrected chi connectivity index (χ3v) is 7.69. The lowest BCUT2D eigenvalue weighted by molar-refractivity contribution is 0.0951. The molecule has 146 valence electrons. The normalized spacial score (nSPS) is 15.4. The van der Waals surface area contributed by atoms with Crippen LogP contribution in [-0.2, 0) is 0 Å². The molecule has 0 spiro atoms. The minimum Gasteiger partial charge on any atom is -0.350 e. The van der Waals surface area contributed by atoms with Gasteiger partial charge in [0, 0.05) is 29.7 Å². The number of nitrogens with one attached hydrogen (secondary N) is 1. The topological polar surface area (TPSA) is 55.1 Å². The van der Waals surface area contributed by atoms with Gasteiger partial charge in [0.1, 0.15) is 0 Å². The summed E-state index contributed by atoms with van der Waals surface area (Å²) in [5.74, 6) is 2.84. The first-order chi connectivity index (χ1) is 12.5. The fourth-order valence-electron chi connectivity index (χ4n) is 2.89. The number of amides is 1. The van der Waals surface area contributed by atoms with E-state index in [1.807, 2.05) is 35.7 Å². The zero-order chi connectivity index (χ0) is 18.5.